The number of nitrogens with zero attached hydrogens (tertiary/aromatic N) is 1. The Morgan fingerprint density at radius 3 is 2.81 bits per heavy atom. The van der Waals surface area contributed by atoms with Crippen molar-refractivity contribution in [3.05, 3.63) is 64.4 Å². The summed E-state index contributed by atoms with van der Waals surface area (Å²) in [5, 5.41) is 6.34. The molecule has 31 heavy (non-hydrogen) atoms. The smallest absolute Gasteiger partial charge is 0.291 e. The van der Waals surface area contributed by atoms with Gasteiger partial charge in [-0.15, -0.1) is 0 Å². The average Bonchev–Trinajstić information content (AvgIpc) is 2.77. The van der Waals surface area contributed by atoms with Gasteiger partial charge in [-0.2, -0.15) is 0 Å². The van der Waals surface area contributed by atoms with E-state index >= 15 is 0 Å². The summed E-state index contributed by atoms with van der Waals surface area (Å²) in [5.41, 5.74) is 1.73. The molecule has 2 aliphatic rings. The Labute approximate surface area is 187 Å². The predicted molar refractivity (Wildman–Crippen MR) is 122 cm³/mol. The molecule has 162 valence electrons. The Morgan fingerprint density at radius 1 is 1.16 bits per heavy atom. The van der Waals surface area contributed by atoms with Gasteiger partial charge in [-0.1, -0.05) is 30.2 Å². The maximum Gasteiger partial charge on any atom is 0.291 e. The summed E-state index contributed by atoms with van der Waals surface area (Å²) in [5.74, 6) is 0.140. The molecule has 0 bridgehead atoms. The topological polar surface area (TPSA) is 70.7 Å². The summed E-state index contributed by atoms with van der Waals surface area (Å²) >= 11 is 6.00. The lowest BCUT2D eigenvalue weighted by Gasteiger charge is -2.26. The number of amides is 2. The lowest BCUT2D eigenvalue weighted by atomic mass is 10.1. The lowest BCUT2D eigenvalue weighted by molar-refractivity contribution is -0.115. The highest BCUT2D eigenvalue weighted by Crippen LogP contribution is 2.32. The second-order valence-electron chi connectivity index (χ2n) is 7.84. The number of piperidine rings is 1. The number of carbonyl (C=O) groups is 2. The number of benzene rings is 2. The van der Waals surface area contributed by atoms with E-state index in [9.17, 15) is 9.59 Å². The second-order valence-corrected chi connectivity index (χ2v) is 8.28. The van der Waals surface area contributed by atoms with E-state index in [1.807, 2.05) is 6.07 Å². The Kier molecular flexibility index (Phi) is 6.89. The summed E-state index contributed by atoms with van der Waals surface area (Å²) in [7, 11) is 0. The van der Waals surface area contributed by atoms with Crippen LogP contribution >= 0.6 is 11.6 Å². The number of nitrogens with one attached hydrogen (secondary N) is 2. The minimum atomic E-state index is -0.369. The standard InChI is InChI=1S/C24H26ClN3O3/c25-19-7-4-6-17(14-19)15-22-24(30)27-20-16-18(8-9-21(20)31-22)23(29)26-10-5-13-28-11-2-1-3-12-28/h4,6-9,14-16H,1-3,5,10-13H2,(H,26,29)(H,27,30). The van der Waals surface area contributed by atoms with Gasteiger partial charge in [0.25, 0.3) is 11.8 Å². The van der Waals surface area contributed by atoms with E-state index in [1.54, 1.807) is 42.5 Å². The fourth-order valence-corrected chi connectivity index (χ4v) is 4.04. The predicted octanol–water partition coefficient (Wildman–Crippen LogP) is 4.32. The molecule has 0 atom stereocenters. The molecule has 0 saturated carbocycles. The van der Waals surface area contributed by atoms with E-state index in [0.29, 0.717) is 28.6 Å². The largest absolute Gasteiger partial charge is 0.449 e. The first-order chi connectivity index (χ1) is 15.1. The third kappa shape index (κ3) is 5.66. The first kappa shape index (κ1) is 21.4. The van der Waals surface area contributed by atoms with Crippen molar-refractivity contribution >= 4 is 35.2 Å². The molecule has 2 N–H and O–H groups in total. The number of rotatable bonds is 6. The molecule has 0 unspecified atom stereocenters. The van der Waals surface area contributed by atoms with E-state index in [0.717, 1.165) is 31.6 Å². The number of hydrogen-bond acceptors (Lipinski definition) is 4. The van der Waals surface area contributed by atoms with Crippen molar-refractivity contribution in [1.29, 1.82) is 0 Å². The van der Waals surface area contributed by atoms with E-state index in [-0.39, 0.29) is 17.6 Å². The highest BCUT2D eigenvalue weighted by atomic mass is 35.5. The quantitative estimate of drug-likeness (QED) is 0.519. The van der Waals surface area contributed by atoms with Gasteiger partial charge in [-0.05, 0) is 80.9 Å². The molecule has 2 aromatic carbocycles. The minimum Gasteiger partial charge on any atom is -0.449 e. The van der Waals surface area contributed by atoms with E-state index in [4.69, 9.17) is 16.3 Å². The molecule has 1 fully saturated rings. The van der Waals surface area contributed by atoms with Crippen LogP contribution in [0.1, 0.15) is 41.6 Å². The number of halogens is 1. The molecule has 2 aromatic rings. The van der Waals surface area contributed by atoms with Crippen LogP contribution in [0.15, 0.2) is 48.2 Å². The zero-order chi connectivity index (χ0) is 21.6. The number of hydrogen-bond donors (Lipinski definition) is 2. The van der Waals surface area contributed by atoms with Crippen molar-refractivity contribution in [3.8, 4) is 5.75 Å². The van der Waals surface area contributed by atoms with Crippen molar-refractivity contribution in [2.75, 3.05) is 31.5 Å². The van der Waals surface area contributed by atoms with Crippen LogP contribution in [0, 0.1) is 0 Å². The van der Waals surface area contributed by atoms with Gasteiger partial charge in [0, 0.05) is 17.1 Å². The van der Waals surface area contributed by atoms with Crippen molar-refractivity contribution < 1.29 is 14.3 Å². The maximum atomic E-state index is 12.5. The molecule has 7 heteroatoms. The monoisotopic (exact) mass is 439 g/mol. The van der Waals surface area contributed by atoms with Crippen LogP contribution in [0.5, 0.6) is 5.75 Å². The minimum absolute atomic E-state index is 0.157. The molecule has 0 aliphatic carbocycles. The summed E-state index contributed by atoms with van der Waals surface area (Å²) in [6.45, 7) is 3.95. The number of anilines is 1. The molecule has 0 aromatic heterocycles. The van der Waals surface area contributed by atoms with Gasteiger partial charge in [0.05, 0.1) is 5.69 Å². The third-order valence-electron chi connectivity index (χ3n) is 5.47. The normalized spacial score (nSPS) is 17.6. The van der Waals surface area contributed by atoms with Gasteiger partial charge in [-0.3, -0.25) is 9.59 Å². The van der Waals surface area contributed by atoms with Gasteiger partial charge in [0.15, 0.2) is 11.5 Å². The van der Waals surface area contributed by atoms with E-state index < -0.39 is 0 Å². The van der Waals surface area contributed by atoms with Gasteiger partial charge < -0.3 is 20.3 Å². The zero-order valence-corrected chi connectivity index (χ0v) is 18.1. The first-order valence-electron chi connectivity index (χ1n) is 10.7. The Bertz CT molecular complexity index is 999. The molecule has 2 aliphatic heterocycles. The molecule has 6 nitrogen and oxygen atoms in total. The Balaban J connectivity index is 1.35. The summed E-state index contributed by atoms with van der Waals surface area (Å²) < 4.78 is 5.76. The van der Waals surface area contributed by atoms with Crippen molar-refractivity contribution in [2.45, 2.75) is 25.7 Å². The van der Waals surface area contributed by atoms with E-state index in [1.165, 1.54) is 19.3 Å². The van der Waals surface area contributed by atoms with Gasteiger partial charge >= 0.3 is 0 Å². The molecule has 2 heterocycles. The van der Waals surface area contributed by atoms with Crippen LogP contribution in [0.3, 0.4) is 0 Å². The summed E-state index contributed by atoms with van der Waals surface area (Å²) in [6.07, 6.45) is 6.42. The Hall–Kier alpha value is -2.83. The van der Waals surface area contributed by atoms with Gasteiger partial charge in [-0.25, -0.2) is 0 Å². The van der Waals surface area contributed by atoms with Crippen LogP contribution < -0.4 is 15.4 Å². The SMILES string of the molecule is O=C1Nc2cc(C(=O)NCCCN3CCCCC3)ccc2OC1=Cc1cccc(Cl)c1. The fraction of sp³-hybridized carbons (Fsp3) is 0.333. The van der Waals surface area contributed by atoms with E-state index in [2.05, 4.69) is 15.5 Å². The van der Waals surface area contributed by atoms with Crippen LogP contribution in [0.2, 0.25) is 5.02 Å². The maximum absolute atomic E-state index is 12.5. The molecular formula is C24H26ClN3O3. The molecule has 0 radical (unpaired) electrons. The molecular weight excluding hydrogens is 414 g/mol. The van der Waals surface area contributed by atoms with Crippen molar-refractivity contribution in [2.24, 2.45) is 0 Å². The number of likely N-dealkylation sites (tertiary alicyclic amines) is 1. The number of carbonyl (C=O) groups excluding carboxylic acids is 2. The summed E-state index contributed by atoms with van der Waals surface area (Å²) in [4.78, 5) is 27.4. The number of ether oxygens (including phenoxy) is 1. The second kappa shape index (κ2) is 9.98. The zero-order valence-electron chi connectivity index (χ0n) is 17.3. The molecule has 4 rings (SSSR count). The summed E-state index contributed by atoms with van der Waals surface area (Å²) in [6, 6.07) is 12.2. The van der Waals surface area contributed by atoms with Gasteiger partial charge in [0.1, 0.15) is 0 Å². The van der Waals surface area contributed by atoms with Crippen LogP contribution in [0.25, 0.3) is 6.08 Å². The fourth-order valence-electron chi connectivity index (χ4n) is 3.84. The number of fused-ring (bicyclic) bond motifs is 1. The van der Waals surface area contributed by atoms with Crippen molar-refractivity contribution in [1.82, 2.24) is 10.2 Å². The average molecular weight is 440 g/mol. The Morgan fingerprint density at radius 2 is 2.00 bits per heavy atom. The van der Waals surface area contributed by atoms with Crippen LogP contribution in [-0.2, 0) is 4.79 Å². The third-order valence-corrected chi connectivity index (χ3v) is 5.70. The van der Waals surface area contributed by atoms with Crippen LogP contribution in [0.4, 0.5) is 5.69 Å². The van der Waals surface area contributed by atoms with Gasteiger partial charge in [0.2, 0.25) is 0 Å². The first-order valence-corrected chi connectivity index (χ1v) is 11.1. The van der Waals surface area contributed by atoms with Crippen LogP contribution in [-0.4, -0.2) is 42.9 Å². The molecule has 1 saturated heterocycles. The highest BCUT2D eigenvalue weighted by Gasteiger charge is 2.23. The molecule has 2 amide bonds. The highest BCUT2D eigenvalue weighted by molar-refractivity contribution is 6.30. The van der Waals surface area contributed by atoms with Crippen molar-refractivity contribution in [3.63, 3.8) is 0 Å². The lowest BCUT2D eigenvalue weighted by Crippen LogP contribution is -2.33. The molecule has 0 spiro atoms.